The van der Waals surface area contributed by atoms with E-state index >= 15 is 0 Å². The van der Waals surface area contributed by atoms with Gasteiger partial charge in [0.2, 0.25) is 5.91 Å². The molecule has 1 saturated heterocycles. The molecule has 1 aliphatic rings. The molecule has 23 heavy (non-hydrogen) atoms. The highest BCUT2D eigenvalue weighted by Crippen LogP contribution is 2.29. The van der Waals surface area contributed by atoms with E-state index in [0.29, 0.717) is 11.1 Å². The Hall–Kier alpha value is -1.76. The van der Waals surface area contributed by atoms with Crippen molar-refractivity contribution in [2.45, 2.75) is 50.0 Å². The van der Waals surface area contributed by atoms with E-state index < -0.39 is 0 Å². The van der Waals surface area contributed by atoms with Gasteiger partial charge in [-0.2, -0.15) is 0 Å². The molecule has 0 aromatic carbocycles. The number of hydrogen-bond donors (Lipinski definition) is 0. The monoisotopic (exact) mass is 335 g/mol. The van der Waals surface area contributed by atoms with Gasteiger partial charge in [0.25, 0.3) is 11.1 Å². The number of hydrogen-bond acceptors (Lipinski definition) is 6. The molecule has 1 fully saturated rings. The number of carbonyl (C=O) groups is 1. The third kappa shape index (κ3) is 3.77. The summed E-state index contributed by atoms with van der Waals surface area (Å²) in [5, 5.41) is 8.25. The van der Waals surface area contributed by atoms with E-state index in [4.69, 9.17) is 8.83 Å². The molecule has 1 aliphatic heterocycles. The van der Waals surface area contributed by atoms with Crippen LogP contribution in [0, 0.1) is 6.92 Å². The Labute approximate surface area is 139 Å². The lowest BCUT2D eigenvalue weighted by Crippen LogP contribution is -2.37. The van der Waals surface area contributed by atoms with Crippen molar-refractivity contribution in [1.82, 2.24) is 15.1 Å². The predicted octanol–water partition coefficient (Wildman–Crippen LogP) is 3.52. The third-order valence-corrected chi connectivity index (χ3v) is 4.96. The Balaban J connectivity index is 1.63. The van der Waals surface area contributed by atoms with Crippen molar-refractivity contribution in [2.75, 3.05) is 13.1 Å². The summed E-state index contributed by atoms with van der Waals surface area (Å²) in [5.74, 6) is 1.31. The lowest BCUT2D eigenvalue weighted by molar-refractivity contribution is -0.130. The third-order valence-electron chi connectivity index (χ3n) is 4.04. The van der Waals surface area contributed by atoms with E-state index in [1.807, 2.05) is 18.7 Å². The molecule has 2 aromatic rings. The Morgan fingerprint density at radius 3 is 2.65 bits per heavy atom. The quantitative estimate of drug-likeness (QED) is 0.796. The number of furan rings is 1. The zero-order valence-corrected chi connectivity index (χ0v) is 14.3. The van der Waals surface area contributed by atoms with Gasteiger partial charge in [0.1, 0.15) is 5.76 Å². The zero-order valence-electron chi connectivity index (χ0n) is 13.4. The average Bonchev–Trinajstić information content (AvgIpc) is 3.07. The topological polar surface area (TPSA) is 72.4 Å². The SMILES string of the molecule is Cc1occc1-c1nnc(S[C@H](C)C(=O)N2CCCCCC2)o1. The van der Waals surface area contributed by atoms with Crippen LogP contribution in [0.25, 0.3) is 11.5 Å². The van der Waals surface area contributed by atoms with Crippen LogP contribution in [0.5, 0.6) is 0 Å². The molecular formula is C16H21N3O3S. The molecule has 0 N–H and O–H groups in total. The lowest BCUT2D eigenvalue weighted by Gasteiger charge is -2.23. The summed E-state index contributed by atoms with van der Waals surface area (Å²) < 4.78 is 10.9. The van der Waals surface area contributed by atoms with Crippen LogP contribution in [0.3, 0.4) is 0 Å². The second kappa shape index (κ2) is 7.21. The van der Waals surface area contributed by atoms with E-state index in [1.54, 1.807) is 12.3 Å². The Morgan fingerprint density at radius 1 is 1.26 bits per heavy atom. The van der Waals surface area contributed by atoms with Gasteiger partial charge in [-0.1, -0.05) is 24.6 Å². The van der Waals surface area contributed by atoms with Crippen molar-refractivity contribution >= 4 is 17.7 Å². The first-order chi connectivity index (χ1) is 11.1. The number of carbonyl (C=O) groups excluding carboxylic acids is 1. The van der Waals surface area contributed by atoms with E-state index in [9.17, 15) is 4.79 Å². The van der Waals surface area contributed by atoms with Crippen molar-refractivity contribution in [1.29, 1.82) is 0 Å². The molecule has 0 saturated carbocycles. The molecule has 7 heteroatoms. The Kier molecular flexibility index (Phi) is 5.05. The first-order valence-electron chi connectivity index (χ1n) is 7.98. The fourth-order valence-corrected chi connectivity index (χ4v) is 3.49. The van der Waals surface area contributed by atoms with Crippen molar-refractivity contribution in [2.24, 2.45) is 0 Å². The number of rotatable bonds is 4. The summed E-state index contributed by atoms with van der Waals surface area (Å²) in [6.07, 6.45) is 6.19. The molecule has 124 valence electrons. The molecule has 3 heterocycles. The second-order valence-electron chi connectivity index (χ2n) is 5.76. The van der Waals surface area contributed by atoms with Crippen LogP contribution in [-0.4, -0.2) is 39.3 Å². The molecule has 1 amide bonds. The molecule has 3 rings (SSSR count). The average molecular weight is 335 g/mol. The molecule has 0 aliphatic carbocycles. The summed E-state index contributed by atoms with van der Waals surface area (Å²) in [6, 6.07) is 1.79. The van der Waals surface area contributed by atoms with E-state index in [-0.39, 0.29) is 11.2 Å². The van der Waals surface area contributed by atoms with Gasteiger partial charge >= 0.3 is 0 Å². The minimum Gasteiger partial charge on any atom is -0.469 e. The first-order valence-corrected chi connectivity index (χ1v) is 8.86. The summed E-state index contributed by atoms with van der Waals surface area (Å²) in [6.45, 7) is 5.45. The molecule has 0 spiro atoms. The van der Waals surface area contributed by atoms with Crippen molar-refractivity contribution in [3.8, 4) is 11.5 Å². The summed E-state index contributed by atoms with van der Waals surface area (Å²) in [4.78, 5) is 14.5. The maximum absolute atomic E-state index is 12.5. The van der Waals surface area contributed by atoms with E-state index in [0.717, 1.165) is 37.3 Å². The minimum atomic E-state index is -0.230. The summed E-state index contributed by atoms with van der Waals surface area (Å²) in [7, 11) is 0. The maximum atomic E-state index is 12.5. The number of nitrogens with zero attached hydrogens (tertiary/aromatic N) is 3. The van der Waals surface area contributed by atoms with Crippen LogP contribution in [-0.2, 0) is 4.79 Å². The van der Waals surface area contributed by atoms with Crippen LogP contribution in [0.1, 0.15) is 38.4 Å². The van der Waals surface area contributed by atoms with E-state index in [1.165, 1.54) is 24.6 Å². The number of aryl methyl sites for hydroxylation is 1. The number of thioether (sulfide) groups is 1. The highest BCUT2D eigenvalue weighted by molar-refractivity contribution is 8.00. The molecule has 0 bridgehead atoms. The van der Waals surface area contributed by atoms with Gasteiger partial charge in [-0.3, -0.25) is 4.79 Å². The van der Waals surface area contributed by atoms with E-state index in [2.05, 4.69) is 10.2 Å². The van der Waals surface area contributed by atoms with Crippen molar-refractivity contribution in [3.05, 3.63) is 18.1 Å². The second-order valence-corrected chi connectivity index (χ2v) is 7.06. The fourth-order valence-electron chi connectivity index (χ4n) is 2.72. The van der Waals surface area contributed by atoms with Gasteiger partial charge in [-0.15, -0.1) is 10.2 Å². The number of aromatic nitrogens is 2. The smallest absolute Gasteiger partial charge is 0.277 e. The largest absolute Gasteiger partial charge is 0.469 e. The lowest BCUT2D eigenvalue weighted by atomic mass is 10.2. The van der Waals surface area contributed by atoms with Crippen LogP contribution >= 0.6 is 11.8 Å². The highest BCUT2D eigenvalue weighted by Gasteiger charge is 2.24. The molecule has 1 atom stereocenters. The molecule has 2 aromatic heterocycles. The van der Waals surface area contributed by atoms with Crippen molar-refractivity contribution < 1.29 is 13.6 Å². The van der Waals surface area contributed by atoms with Crippen LogP contribution in [0.2, 0.25) is 0 Å². The van der Waals surface area contributed by atoms with Gasteiger partial charge in [0.15, 0.2) is 0 Å². The molecule has 0 radical (unpaired) electrons. The first kappa shape index (κ1) is 16.1. The van der Waals surface area contributed by atoms with Crippen LogP contribution < -0.4 is 0 Å². The normalized spacial score (nSPS) is 17.0. The van der Waals surface area contributed by atoms with Crippen LogP contribution in [0.4, 0.5) is 0 Å². The summed E-state index contributed by atoms with van der Waals surface area (Å²) >= 11 is 1.31. The minimum absolute atomic E-state index is 0.149. The highest BCUT2D eigenvalue weighted by atomic mass is 32.2. The van der Waals surface area contributed by atoms with Gasteiger partial charge in [0, 0.05) is 13.1 Å². The van der Waals surface area contributed by atoms with Crippen molar-refractivity contribution in [3.63, 3.8) is 0 Å². The standard InChI is InChI=1S/C16H21N3O3S/c1-11-13(7-10-21-11)14-17-18-16(22-14)23-12(2)15(20)19-8-5-3-4-6-9-19/h7,10,12H,3-6,8-9H2,1-2H3/t12-/m1/s1. The fraction of sp³-hybridized carbons (Fsp3) is 0.562. The predicted molar refractivity (Wildman–Crippen MR) is 87.1 cm³/mol. The number of likely N-dealkylation sites (tertiary alicyclic amines) is 1. The van der Waals surface area contributed by atoms with Gasteiger partial charge in [-0.25, -0.2) is 0 Å². The number of amides is 1. The Bertz CT molecular complexity index is 659. The molecular weight excluding hydrogens is 314 g/mol. The van der Waals surface area contributed by atoms with Gasteiger partial charge in [-0.05, 0) is 32.8 Å². The maximum Gasteiger partial charge on any atom is 0.277 e. The van der Waals surface area contributed by atoms with Crippen LogP contribution in [0.15, 0.2) is 26.4 Å². The molecule has 0 unspecified atom stereocenters. The summed E-state index contributed by atoms with van der Waals surface area (Å²) in [5.41, 5.74) is 0.788. The molecule has 6 nitrogen and oxygen atoms in total. The van der Waals surface area contributed by atoms with Gasteiger partial charge in [0.05, 0.1) is 17.1 Å². The Morgan fingerprint density at radius 2 is 2.00 bits per heavy atom. The van der Waals surface area contributed by atoms with Gasteiger partial charge < -0.3 is 13.7 Å². The zero-order chi connectivity index (χ0) is 16.2.